The van der Waals surface area contributed by atoms with Crippen molar-refractivity contribution in [2.75, 3.05) is 33.5 Å². The first-order valence-electron chi connectivity index (χ1n) is 8.91. The standard InChI is InChI=1S/C17H22N4O9S/c1-19(2)16(22)11-29-18-15-8-14(30-31(3,26)27)9-20(15)17(23)28-10-12-4-6-13(7-5-12)21(24)25/h4-7,14H,8-11H2,1-3H3/t14-/m1/s1. The summed E-state index contributed by atoms with van der Waals surface area (Å²) in [5.41, 5.74) is 0.405. The van der Waals surface area contributed by atoms with Gasteiger partial charge >= 0.3 is 6.09 Å². The Balaban J connectivity index is 2.05. The Kier molecular flexibility index (Phi) is 7.88. The zero-order chi connectivity index (χ0) is 23.2. The third-order valence-corrected chi connectivity index (χ3v) is 4.63. The molecule has 0 saturated carbocycles. The average Bonchev–Trinajstić information content (AvgIpc) is 3.06. The van der Waals surface area contributed by atoms with Crippen molar-refractivity contribution in [2.45, 2.75) is 19.1 Å². The number of nitro benzene ring substituents is 1. The zero-order valence-corrected chi connectivity index (χ0v) is 17.9. The van der Waals surface area contributed by atoms with E-state index in [-0.39, 0.29) is 43.6 Å². The molecule has 2 rings (SSSR count). The number of non-ortho nitro benzene ring substituents is 1. The van der Waals surface area contributed by atoms with Crippen LogP contribution in [-0.4, -0.2) is 80.6 Å². The molecule has 0 radical (unpaired) electrons. The second-order valence-corrected chi connectivity index (χ2v) is 8.39. The minimum atomic E-state index is -3.78. The van der Waals surface area contributed by atoms with Crippen molar-refractivity contribution < 1.29 is 36.7 Å². The van der Waals surface area contributed by atoms with Crippen LogP contribution in [0.2, 0.25) is 0 Å². The average molecular weight is 458 g/mol. The molecule has 1 heterocycles. The molecule has 0 N–H and O–H groups in total. The molecule has 170 valence electrons. The fraction of sp³-hybridized carbons (Fsp3) is 0.471. The van der Waals surface area contributed by atoms with Crippen molar-refractivity contribution in [3.63, 3.8) is 0 Å². The smallest absolute Gasteiger partial charge is 0.415 e. The van der Waals surface area contributed by atoms with Gasteiger partial charge in [0.1, 0.15) is 12.7 Å². The highest BCUT2D eigenvalue weighted by Gasteiger charge is 2.36. The molecule has 2 amide bonds. The molecule has 1 aromatic carbocycles. The monoisotopic (exact) mass is 458 g/mol. The Bertz CT molecular complexity index is 960. The molecule has 1 aliphatic heterocycles. The van der Waals surface area contributed by atoms with E-state index in [1.165, 1.54) is 43.3 Å². The van der Waals surface area contributed by atoms with Gasteiger partial charge in [0.05, 0.1) is 17.7 Å². The number of nitrogens with zero attached hydrogens (tertiary/aromatic N) is 4. The zero-order valence-electron chi connectivity index (χ0n) is 17.1. The predicted octanol–water partition coefficient (Wildman–Crippen LogP) is 0.700. The summed E-state index contributed by atoms with van der Waals surface area (Å²) in [5, 5.41) is 14.5. The maximum absolute atomic E-state index is 12.5. The van der Waals surface area contributed by atoms with Crippen LogP contribution >= 0.6 is 0 Å². The van der Waals surface area contributed by atoms with Crippen molar-refractivity contribution in [2.24, 2.45) is 5.16 Å². The number of rotatable bonds is 8. The van der Waals surface area contributed by atoms with Gasteiger partial charge in [-0.25, -0.2) is 4.79 Å². The molecule has 0 spiro atoms. The SMILES string of the molecule is CN(C)C(=O)CON=C1C[C@@H](OS(C)(=O)=O)CN1C(=O)OCc1ccc([N+](=O)[O-])cc1. The first kappa shape index (κ1) is 24.0. The summed E-state index contributed by atoms with van der Waals surface area (Å²) < 4.78 is 32.9. The van der Waals surface area contributed by atoms with E-state index < -0.39 is 27.2 Å². The molecule has 1 fully saturated rings. The molecule has 13 nitrogen and oxygen atoms in total. The fourth-order valence-corrected chi connectivity index (χ4v) is 3.12. The van der Waals surface area contributed by atoms with E-state index in [0.29, 0.717) is 5.56 Å². The highest BCUT2D eigenvalue weighted by Crippen LogP contribution is 2.20. The molecule has 0 aliphatic carbocycles. The second-order valence-electron chi connectivity index (χ2n) is 6.78. The number of carbonyl (C=O) groups excluding carboxylic acids is 2. The van der Waals surface area contributed by atoms with Crippen LogP contribution in [0.1, 0.15) is 12.0 Å². The van der Waals surface area contributed by atoms with Gasteiger partial charge in [-0.3, -0.25) is 24.0 Å². The molecule has 1 aromatic rings. The van der Waals surface area contributed by atoms with Gasteiger partial charge < -0.3 is 14.5 Å². The van der Waals surface area contributed by atoms with Crippen molar-refractivity contribution in [3.8, 4) is 0 Å². The molecule has 1 atom stereocenters. The maximum Gasteiger partial charge on any atom is 0.415 e. The number of amides is 2. The number of hydrogen-bond acceptors (Lipinski definition) is 10. The van der Waals surface area contributed by atoms with Crippen LogP contribution in [0.15, 0.2) is 29.4 Å². The van der Waals surface area contributed by atoms with E-state index in [4.69, 9.17) is 13.8 Å². The summed E-state index contributed by atoms with van der Waals surface area (Å²) in [6.45, 7) is -0.714. The summed E-state index contributed by atoms with van der Waals surface area (Å²) in [6.07, 6.45) is -0.922. The number of amidine groups is 1. The van der Waals surface area contributed by atoms with E-state index in [1.54, 1.807) is 0 Å². The summed E-state index contributed by atoms with van der Waals surface area (Å²) in [5.74, 6) is -0.326. The number of likely N-dealkylation sites (tertiary alicyclic amines) is 1. The van der Waals surface area contributed by atoms with E-state index in [1.807, 2.05) is 0 Å². The predicted molar refractivity (Wildman–Crippen MR) is 106 cm³/mol. The van der Waals surface area contributed by atoms with Gasteiger partial charge in [0, 0.05) is 32.6 Å². The minimum Gasteiger partial charge on any atom is -0.444 e. The van der Waals surface area contributed by atoms with Gasteiger partial charge in [0.25, 0.3) is 21.7 Å². The number of likely N-dealkylation sites (N-methyl/N-ethyl adjacent to an activating group) is 1. The van der Waals surface area contributed by atoms with Crippen LogP contribution < -0.4 is 0 Å². The van der Waals surface area contributed by atoms with Gasteiger partial charge in [0.2, 0.25) is 0 Å². The van der Waals surface area contributed by atoms with Gasteiger partial charge in [-0.2, -0.15) is 8.42 Å². The number of nitro groups is 1. The van der Waals surface area contributed by atoms with Crippen LogP contribution in [0.25, 0.3) is 0 Å². The largest absolute Gasteiger partial charge is 0.444 e. The molecule has 14 heteroatoms. The van der Waals surface area contributed by atoms with E-state index in [0.717, 1.165) is 11.2 Å². The Labute approximate surface area is 178 Å². The third-order valence-electron chi connectivity index (χ3n) is 4.01. The Morgan fingerprint density at radius 2 is 1.94 bits per heavy atom. The van der Waals surface area contributed by atoms with E-state index >= 15 is 0 Å². The number of oxime groups is 1. The van der Waals surface area contributed by atoms with Crippen LogP contribution in [0, 0.1) is 10.1 Å². The molecule has 1 saturated heterocycles. The topological polar surface area (TPSA) is 158 Å². The Morgan fingerprint density at radius 1 is 1.29 bits per heavy atom. The lowest BCUT2D eigenvalue weighted by Gasteiger charge is -2.17. The Hall–Kier alpha value is -3.26. The molecule has 0 unspecified atom stereocenters. The van der Waals surface area contributed by atoms with Gasteiger partial charge in [-0.05, 0) is 17.7 Å². The minimum absolute atomic E-state index is 0.0360. The summed E-state index contributed by atoms with van der Waals surface area (Å²) in [7, 11) is -0.714. The van der Waals surface area contributed by atoms with Gasteiger partial charge in [0.15, 0.2) is 12.4 Å². The molecule has 0 aromatic heterocycles. The second kappa shape index (κ2) is 10.2. The number of carbonyl (C=O) groups is 2. The first-order chi connectivity index (χ1) is 14.5. The van der Waals surface area contributed by atoms with Crippen LogP contribution in [0.4, 0.5) is 10.5 Å². The van der Waals surface area contributed by atoms with Crippen LogP contribution in [0.3, 0.4) is 0 Å². The molecular weight excluding hydrogens is 436 g/mol. The van der Waals surface area contributed by atoms with E-state index in [9.17, 15) is 28.1 Å². The third kappa shape index (κ3) is 7.49. The van der Waals surface area contributed by atoms with Crippen molar-refractivity contribution in [1.29, 1.82) is 0 Å². The lowest BCUT2D eigenvalue weighted by molar-refractivity contribution is -0.384. The first-order valence-corrected chi connectivity index (χ1v) is 10.7. The molecule has 0 bridgehead atoms. The normalized spacial score (nSPS) is 17.5. The lowest BCUT2D eigenvalue weighted by Crippen LogP contribution is -2.34. The van der Waals surface area contributed by atoms with E-state index in [2.05, 4.69) is 5.16 Å². The Morgan fingerprint density at radius 3 is 2.48 bits per heavy atom. The highest BCUT2D eigenvalue weighted by atomic mass is 32.2. The highest BCUT2D eigenvalue weighted by molar-refractivity contribution is 7.86. The molecule has 1 aliphatic rings. The number of ether oxygens (including phenoxy) is 1. The number of benzene rings is 1. The summed E-state index contributed by atoms with van der Waals surface area (Å²) in [4.78, 5) is 41.5. The van der Waals surface area contributed by atoms with Crippen molar-refractivity contribution in [1.82, 2.24) is 9.80 Å². The van der Waals surface area contributed by atoms with Gasteiger partial charge in [-0.1, -0.05) is 5.16 Å². The van der Waals surface area contributed by atoms with Gasteiger partial charge in [-0.15, -0.1) is 0 Å². The lowest BCUT2D eigenvalue weighted by atomic mass is 10.2. The molecular formula is C17H22N4O9S. The quantitative estimate of drug-likeness (QED) is 0.310. The van der Waals surface area contributed by atoms with Crippen LogP contribution in [0.5, 0.6) is 0 Å². The van der Waals surface area contributed by atoms with Crippen molar-refractivity contribution >= 4 is 33.6 Å². The van der Waals surface area contributed by atoms with Crippen molar-refractivity contribution in [3.05, 3.63) is 39.9 Å². The number of hydrogen-bond donors (Lipinski definition) is 0. The fourth-order valence-electron chi connectivity index (χ4n) is 2.49. The summed E-state index contributed by atoms with van der Waals surface area (Å²) >= 11 is 0. The van der Waals surface area contributed by atoms with Crippen LogP contribution in [-0.2, 0) is 35.3 Å². The molecule has 31 heavy (non-hydrogen) atoms. The maximum atomic E-state index is 12.5. The summed E-state index contributed by atoms with van der Waals surface area (Å²) in [6, 6.07) is 5.43.